The van der Waals surface area contributed by atoms with Crippen molar-refractivity contribution in [3.05, 3.63) is 63.4 Å². The third kappa shape index (κ3) is 3.51. The van der Waals surface area contributed by atoms with Gasteiger partial charge in [-0.05, 0) is 63.6 Å². The van der Waals surface area contributed by atoms with Crippen LogP contribution in [0.15, 0.2) is 41.4 Å². The lowest BCUT2D eigenvalue weighted by Crippen LogP contribution is -2.44. The number of nitrogens with zero attached hydrogens (tertiary/aromatic N) is 2. The maximum absolute atomic E-state index is 13.3. The minimum absolute atomic E-state index is 0.0517. The van der Waals surface area contributed by atoms with Gasteiger partial charge in [0.15, 0.2) is 0 Å². The topological polar surface area (TPSA) is 15.6 Å². The predicted octanol–water partition coefficient (Wildman–Crippen LogP) is 6.90. The molecule has 0 atom stereocenters. The molecule has 0 fully saturated rings. The summed E-state index contributed by atoms with van der Waals surface area (Å²) in [5.74, 6) is -0.458. The van der Waals surface area contributed by atoms with Crippen molar-refractivity contribution < 1.29 is 4.39 Å². The summed E-state index contributed by atoms with van der Waals surface area (Å²) in [6.45, 7) is 9.54. The maximum Gasteiger partial charge on any atom is 0.141 e. The maximum atomic E-state index is 13.3. The van der Waals surface area contributed by atoms with Crippen molar-refractivity contribution >= 4 is 46.4 Å². The number of rotatable bonds is 3. The predicted molar refractivity (Wildman–Crippen MR) is 111 cm³/mol. The molecule has 1 aliphatic rings. The van der Waals surface area contributed by atoms with E-state index in [1.165, 1.54) is 17.7 Å². The van der Waals surface area contributed by atoms with Gasteiger partial charge in [0.2, 0.25) is 0 Å². The van der Waals surface area contributed by atoms with Gasteiger partial charge in [-0.3, -0.25) is 4.99 Å². The van der Waals surface area contributed by atoms with Crippen molar-refractivity contribution in [3.63, 3.8) is 0 Å². The van der Waals surface area contributed by atoms with Gasteiger partial charge in [0.25, 0.3) is 0 Å². The van der Waals surface area contributed by atoms with Crippen LogP contribution in [0.5, 0.6) is 0 Å². The van der Waals surface area contributed by atoms with Gasteiger partial charge in [-0.1, -0.05) is 29.3 Å². The Morgan fingerprint density at radius 3 is 2.54 bits per heavy atom. The molecule has 2 aromatic rings. The molecule has 0 saturated carbocycles. The summed E-state index contributed by atoms with van der Waals surface area (Å²) in [7, 11) is 0. The molecule has 3 rings (SSSR count). The highest BCUT2D eigenvalue weighted by Crippen LogP contribution is 2.41. The lowest BCUT2D eigenvalue weighted by atomic mass is 9.88. The van der Waals surface area contributed by atoms with E-state index in [0.717, 1.165) is 23.4 Å². The SMILES string of the molecule is CCN1c2cc(Cl)c(C=Nc3ccc(F)c(Cl)c3)cc2C(C)=CC1(C)C. The molecule has 2 nitrogen and oxygen atoms in total. The number of halogens is 3. The average molecular weight is 391 g/mol. The second-order valence-electron chi connectivity index (χ2n) is 6.97. The number of anilines is 1. The zero-order chi connectivity index (χ0) is 19.1. The standard InChI is InChI=1S/C21H21Cl2FN2/c1-5-26-20-10-17(22)14(8-16(20)13(2)11-21(26,3)4)12-25-15-6-7-19(24)18(23)9-15/h6-12H,5H2,1-4H3. The Morgan fingerprint density at radius 2 is 1.88 bits per heavy atom. The molecule has 26 heavy (non-hydrogen) atoms. The van der Waals surface area contributed by atoms with Crippen LogP contribution in [0.3, 0.4) is 0 Å². The highest BCUT2D eigenvalue weighted by Gasteiger charge is 2.30. The Kier molecular flexibility index (Phi) is 5.14. The smallest absolute Gasteiger partial charge is 0.141 e. The highest BCUT2D eigenvalue weighted by molar-refractivity contribution is 6.33. The molecule has 136 valence electrons. The molecule has 2 aromatic carbocycles. The Hall–Kier alpha value is -1.84. The van der Waals surface area contributed by atoms with Gasteiger partial charge in [0, 0.05) is 29.6 Å². The first-order chi connectivity index (χ1) is 12.2. The van der Waals surface area contributed by atoms with Gasteiger partial charge >= 0.3 is 0 Å². The van der Waals surface area contributed by atoms with Crippen molar-refractivity contribution in [2.45, 2.75) is 33.2 Å². The lowest BCUT2D eigenvalue weighted by molar-refractivity contribution is 0.566. The van der Waals surface area contributed by atoms with E-state index in [9.17, 15) is 4.39 Å². The molecule has 0 unspecified atom stereocenters. The average Bonchev–Trinajstić information content (AvgIpc) is 2.56. The fourth-order valence-corrected chi connectivity index (χ4v) is 3.88. The number of fused-ring (bicyclic) bond motifs is 1. The van der Waals surface area contributed by atoms with Crippen LogP contribution in [-0.2, 0) is 0 Å². The van der Waals surface area contributed by atoms with Crippen molar-refractivity contribution in [2.75, 3.05) is 11.4 Å². The Morgan fingerprint density at radius 1 is 1.15 bits per heavy atom. The van der Waals surface area contributed by atoms with Gasteiger partial charge in [-0.15, -0.1) is 0 Å². The first-order valence-corrected chi connectivity index (χ1v) is 9.28. The van der Waals surface area contributed by atoms with Crippen LogP contribution in [0, 0.1) is 5.82 Å². The van der Waals surface area contributed by atoms with E-state index in [4.69, 9.17) is 23.2 Å². The summed E-state index contributed by atoms with van der Waals surface area (Å²) in [4.78, 5) is 6.72. The highest BCUT2D eigenvalue weighted by atomic mass is 35.5. The number of aliphatic imine (C=N–C) groups is 1. The van der Waals surface area contributed by atoms with Crippen LogP contribution < -0.4 is 4.90 Å². The van der Waals surface area contributed by atoms with E-state index in [-0.39, 0.29) is 10.6 Å². The number of benzene rings is 2. The zero-order valence-electron chi connectivity index (χ0n) is 15.3. The van der Waals surface area contributed by atoms with Gasteiger partial charge < -0.3 is 4.90 Å². The van der Waals surface area contributed by atoms with Crippen molar-refractivity contribution in [2.24, 2.45) is 4.99 Å². The van der Waals surface area contributed by atoms with E-state index in [1.54, 1.807) is 12.3 Å². The first kappa shape index (κ1) is 18.9. The second-order valence-corrected chi connectivity index (χ2v) is 7.79. The molecular formula is C21H21Cl2FN2. The molecule has 0 aromatic heterocycles. The van der Waals surface area contributed by atoms with E-state index >= 15 is 0 Å². The quantitative estimate of drug-likeness (QED) is 0.520. The second kappa shape index (κ2) is 7.05. The van der Waals surface area contributed by atoms with Crippen LogP contribution in [0.2, 0.25) is 10.0 Å². The number of hydrogen-bond acceptors (Lipinski definition) is 2. The molecule has 0 amide bonds. The van der Waals surface area contributed by atoms with Gasteiger partial charge in [0.05, 0.1) is 21.3 Å². The Labute approximate surface area is 164 Å². The van der Waals surface area contributed by atoms with Crippen molar-refractivity contribution in [1.29, 1.82) is 0 Å². The summed E-state index contributed by atoms with van der Waals surface area (Å²) >= 11 is 12.3. The monoisotopic (exact) mass is 390 g/mol. The van der Waals surface area contributed by atoms with Gasteiger partial charge in [-0.2, -0.15) is 0 Å². The summed E-state index contributed by atoms with van der Waals surface area (Å²) < 4.78 is 13.3. The molecule has 0 spiro atoms. The number of allylic oxidation sites excluding steroid dienone is 1. The molecule has 1 aliphatic heterocycles. The number of likely N-dealkylation sites (N-methyl/N-ethyl adjacent to an activating group) is 1. The summed E-state index contributed by atoms with van der Waals surface area (Å²) in [5, 5.41) is 0.681. The molecular weight excluding hydrogens is 370 g/mol. The van der Waals surface area contributed by atoms with E-state index in [2.05, 4.69) is 49.7 Å². The molecule has 0 saturated heterocycles. The Balaban J connectivity index is 2.02. The lowest BCUT2D eigenvalue weighted by Gasteiger charge is -2.43. The summed E-state index contributed by atoms with van der Waals surface area (Å²) in [5.41, 5.74) is 4.82. The summed E-state index contributed by atoms with van der Waals surface area (Å²) in [6.07, 6.45) is 3.96. The Bertz CT molecular complexity index is 916. The zero-order valence-corrected chi connectivity index (χ0v) is 16.8. The van der Waals surface area contributed by atoms with Crippen molar-refractivity contribution in [3.8, 4) is 0 Å². The van der Waals surface area contributed by atoms with E-state index in [1.807, 2.05) is 6.07 Å². The van der Waals surface area contributed by atoms with Crippen LogP contribution in [0.1, 0.15) is 38.8 Å². The largest absolute Gasteiger partial charge is 0.363 e. The van der Waals surface area contributed by atoms with Gasteiger partial charge in [-0.25, -0.2) is 4.39 Å². The van der Waals surface area contributed by atoms with Crippen molar-refractivity contribution in [1.82, 2.24) is 0 Å². The molecule has 5 heteroatoms. The minimum Gasteiger partial charge on any atom is -0.363 e. The van der Waals surface area contributed by atoms with E-state index < -0.39 is 5.82 Å². The third-order valence-electron chi connectivity index (χ3n) is 4.67. The van der Waals surface area contributed by atoms with Crippen LogP contribution in [0.4, 0.5) is 15.8 Å². The molecule has 0 radical (unpaired) electrons. The summed E-state index contributed by atoms with van der Waals surface area (Å²) in [6, 6.07) is 8.42. The van der Waals surface area contributed by atoms with Crippen LogP contribution >= 0.6 is 23.2 Å². The van der Waals surface area contributed by atoms with Crippen LogP contribution in [-0.4, -0.2) is 18.3 Å². The van der Waals surface area contributed by atoms with Gasteiger partial charge in [0.1, 0.15) is 5.82 Å². The first-order valence-electron chi connectivity index (χ1n) is 8.53. The molecule has 1 heterocycles. The number of hydrogen-bond donors (Lipinski definition) is 0. The molecule has 0 N–H and O–H groups in total. The normalized spacial score (nSPS) is 16.0. The fourth-order valence-electron chi connectivity index (χ4n) is 3.50. The van der Waals surface area contributed by atoms with E-state index in [0.29, 0.717) is 10.7 Å². The molecule has 0 bridgehead atoms. The third-order valence-corrected chi connectivity index (χ3v) is 5.29. The minimum atomic E-state index is -0.458. The van der Waals surface area contributed by atoms with Crippen LogP contribution in [0.25, 0.3) is 5.57 Å². The fraction of sp³-hybridized carbons (Fsp3) is 0.286. The molecule has 0 aliphatic carbocycles.